The van der Waals surface area contributed by atoms with Crippen molar-refractivity contribution in [1.82, 2.24) is 0 Å². The first kappa shape index (κ1) is 40.1. The van der Waals surface area contributed by atoms with Gasteiger partial charge in [0.1, 0.15) is 21.5 Å². The highest BCUT2D eigenvalue weighted by molar-refractivity contribution is 7.17. The summed E-state index contributed by atoms with van der Waals surface area (Å²) in [5.41, 5.74) is 10.4. The molecular formula is C52H44N2O4S2. The van der Waals surface area contributed by atoms with Crippen molar-refractivity contribution in [3.8, 4) is 22.6 Å². The molecule has 8 rings (SSSR count). The molecule has 6 aromatic carbocycles. The standard InChI is InChI=1S/C52H44N2O4S2/c1-57-47-25-21-45(22-26-47)53(43-17-7-39(35-55)8-18-43)51-33-31-49(59-51)29-11-37-3-13-41(14-4-37)42-15-5-38(6-16-42)12-30-50-32-34-52(60-50)54(44-19-9-40(36-56)10-20-44)46-23-27-48(58-2)28-24-46/h3-34,55-56H,35-36H2,1-2H3/b29-11+,30-12+. The molecule has 0 radical (unpaired) electrons. The lowest BCUT2D eigenvalue weighted by molar-refractivity contribution is 0.281. The molecule has 0 saturated carbocycles. The van der Waals surface area contributed by atoms with Crippen LogP contribution in [0.1, 0.15) is 32.0 Å². The number of methoxy groups -OCH3 is 2. The van der Waals surface area contributed by atoms with Crippen LogP contribution in [0.5, 0.6) is 11.5 Å². The van der Waals surface area contributed by atoms with Crippen LogP contribution < -0.4 is 19.3 Å². The van der Waals surface area contributed by atoms with Gasteiger partial charge in [0.05, 0.1) is 27.4 Å². The van der Waals surface area contributed by atoms with Gasteiger partial charge in [-0.25, -0.2) is 0 Å². The maximum Gasteiger partial charge on any atom is 0.119 e. The zero-order chi connectivity index (χ0) is 41.3. The van der Waals surface area contributed by atoms with Crippen molar-refractivity contribution < 1.29 is 19.7 Å². The second kappa shape index (κ2) is 18.9. The van der Waals surface area contributed by atoms with Gasteiger partial charge >= 0.3 is 0 Å². The Hall–Kier alpha value is -6.68. The Bertz CT molecular complexity index is 2380. The van der Waals surface area contributed by atoms with Gasteiger partial charge in [-0.3, -0.25) is 0 Å². The largest absolute Gasteiger partial charge is 0.497 e. The summed E-state index contributed by atoms with van der Waals surface area (Å²) in [6.45, 7) is 0.0238. The van der Waals surface area contributed by atoms with Crippen LogP contribution in [-0.4, -0.2) is 24.4 Å². The van der Waals surface area contributed by atoms with Crippen LogP contribution in [0.25, 0.3) is 35.4 Å². The summed E-state index contributed by atoms with van der Waals surface area (Å²) >= 11 is 3.43. The minimum Gasteiger partial charge on any atom is -0.497 e. The molecule has 0 fully saturated rings. The second-order valence-corrected chi connectivity index (χ2v) is 16.2. The molecule has 6 nitrogen and oxygen atoms in total. The predicted octanol–water partition coefficient (Wildman–Crippen LogP) is 13.8. The number of anilines is 6. The van der Waals surface area contributed by atoms with E-state index in [0.29, 0.717) is 0 Å². The Balaban J connectivity index is 0.930. The van der Waals surface area contributed by atoms with E-state index in [0.717, 1.165) is 87.4 Å². The zero-order valence-electron chi connectivity index (χ0n) is 33.3. The summed E-state index contributed by atoms with van der Waals surface area (Å²) < 4.78 is 10.8. The lowest BCUT2D eigenvalue weighted by atomic mass is 10.0. The van der Waals surface area contributed by atoms with Crippen LogP contribution >= 0.6 is 22.7 Å². The maximum atomic E-state index is 9.59. The average molecular weight is 825 g/mol. The highest BCUT2D eigenvalue weighted by atomic mass is 32.1. The monoisotopic (exact) mass is 824 g/mol. The summed E-state index contributed by atoms with van der Waals surface area (Å²) in [5.74, 6) is 1.62. The van der Waals surface area contributed by atoms with Gasteiger partial charge in [0, 0.05) is 32.5 Å². The van der Waals surface area contributed by atoms with E-state index in [9.17, 15) is 10.2 Å². The first-order chi connectivity index (χ1) is 29.5. The average Bonchev–Trinajstić information content (AvgIpc) is 3.99. The van der Waals surface area contributed by atoms with Gasteiger partial charge in [0.25, 0.3) is 0 Å². The Kier molecular flexibility index (Phi) is 12.7. The van der Waals surface area contributed by atoms with Crippen molar-refractivity contribution in [1.29, 1.82) is 0 Å². The zero-order valence-corrected chi connectivity index (χ0v) is 34.9. The molecule has 0 saturated heterocycles. The fraction of sp³-hybridized carbons (Fsp3) is 0.0769. The normalized spacial score (nSPS) is 11.3. The molecule has 0 spiro atoms. The van der Waals surface area contributed by atoms with E-state index in [1.807, 2.05) is 72.8 Å². The lowest BCUT2D eigenvalue weighted by Crippen LogP contribution is -2.08. The second-order valence-electron chi connectivity index (χ2n) is 14.0. The Labute approximate surface area is 359 Å². The SMILES string of the molecule is COc1ccc(N(c2ccc(CO)cc2)c2ccc(/C=C/c3ccc(-c4ccc(/C=C/c5ccc(N(c6ccc(CO)cc6)c6ccc(OC)cc6)s5)cc4)cc3)s2)cc1. The molecule has 8 aromatic rings. The number of thiophene rings is 2. The van der Waals surface area contributed by atoms with E-state index in [2.05, 4.69) is 131 Å². The molecule has 298 valence electrons. The molecule has 0 bridgehead atoms. The smallest absolute Gasteiger partial charge is 0.119 e. The van der Waals surface area contributed by atoms with E-state index in [1.165, 1.54) is 0 Å². The topological polar surface area (TPSA) is 65.4 Å². The number of hydrogen-bond donors (Lipinski definition) is 2. The third-order valence-corrected chi connectivity index (χ3v) is 12.2. The van der Waals surface area contributed by atoms with E-state index >= 15 is 0 Å². The molecule has 0 aliphatic heterocycles. The van der Waals surface area contributed by atoms with Gasteiger partial charge in [-0.15, -0.1) is 22.7 Å². The predicted molar refractivity (Wildman–Crippen MR) is 253 cm³/mol. The van der Waals surface area contributed by atoms with Crippen molar-refractivity contribution in [2.45, 2.75) is 13.2 Å². The van der Waals surface area contributed by atoms with Crippen LogP contribution in [0, 0.1) is 0 Å². The Morgan fingerprint density at radius 2 is 0.733 bits per heavy atom. The van der Waals surface area contributed by atoms with Crippen molar-refractivity contribution in [3.63, 3.8) is 0 Å². The number of aliphatic hydroxyl groups is 2. The Morgan fingerprint density at radius 1 is 0.400 bits per heavy atom. The van der Waals surface area contributed by atoms with Gasteiger partial charge in [0.15, 0.2) is 0 Å². The van der Waals surface area contributed by atoms with Crippen molar-refractivity contribution in [2.24, 2.45) is 0 Å². The van der Waals surface area contributed by atoms with Gasteiger partial charge in [-0.2, -0.15) is 0 Å². The third-order valence-electron chi connectivity index (χ3n) is 10.1. The summed E-state index contributed by atoms with van der Waals surface area (Å²) in [4.78, 5) is 6.73. The number of benzene rings is 6. The van der Waals surface area contributed by atoms with Gasteiger partial charge in [-0.1, -0.05) is 84.9 Å². The van der Waals surface area contributed by atoms with Crippen molar-refractivity contribution in [2.75, 3.05) is 24.0 Å². The molecule has 0 atom stereocenters. The molecule has 0 amide bonds. The van der Waals surface area contributed by atoms with Gasteiger partial charge in [-0.05, 0) is 143 Å². The van der Waals surface area contributed by atoms with Crippen molar-refractivity contribution >= 4 is 79.7 Å². The molecule has 2 aromatic heterocycles. The summed E-state index contributed by atoms with van der Waals surface area (Å²) in [5, 5.41) is 21.3. The van der Waals surface area contributed by atoms with Crippen LogP contribution in [0.2, 0.25) is 0 Å². The molecule has 0 aliphatic rings. The molecule has 0 aliphatic carbocycles. The fourth-order valence-corrected chi connectivity index (χ4v) is 8.71. The van der Waals surface area contributed by atoms with Crippen molar-refractivity contribution in [3.05, 3.63) is 202 Å². The van der Waals surface area contributed by atoms with E-state index in [1.54, 1.807) is 36.9 Å². The molecular weight excluding hydrogens is 781 g/mol. The van der Waals surface area contributed by atoms with Gasteiger partial charge < -0.3 is 29.5 Å². The lowest BCUT2D eigenvalue weighted by Gasteiger charge is -2.24. The van der Waals surface area contributed by atoms with Crippen LogP contribution in [0.3, 0.4) is 0 Å². The molecule has 2 N–H and O–H groups in total. The Morgan fingerprint density at radius 3 is 1.05 bits per heavy atom. The minimum absolute atomic E-state index is 0.0119. The quantitative estimate of drug-likeness (QED) is 0.107. The minimum atomic E-state index is 0.0119. The maximum absolute atomic E-state index is 9.59. The third kappa shape index (κ3) is 9.44. The van der Waals surface area contributed by atoms with E-state index in [-0.39, 0.29) is 13.2 Å². The first-order valence-corrected chi connectivity index (χ1v) is 21.2. The van der Waals surface area contributed by atoms with Crippen LogP contribution in [0.15, 0.2) is 170 Å². The molecule has 60 heavy (non-hydrogen) atoms. The summed E-state index contributed by atoms with van der Waals surface area (Å²) in [6, 6.07) is 58.0. The molecule has 8 heteroatoms. The summed E-state index contributed by atoms with van der Waals surface area (Å²) in [7, 11) is 3.35. The van der Waals surface area contributed by atoms with E-state index in [4.69, 9.17) is 9.47 Å². The summed E-state index contributed by atoms with van der Waals surface area (Å²) in [6.07, 6.45) is 8.63. The van der Waals surface area contributed by atoms with Crippen LogP contribution in [0.4, 0.5) is 32.8 Å². The van der Waals surface area contributed by atoms with E-state index < -0.39 is 0 Å². The van der Waals surface area contributed by atoms with Gasteiger partial charge in [0.2, 0.25) is 0 Å². The van der Waals surface area contributed by atoms with Crippen LogP contribution in [-0.2, 0) is 13.2 Å². The highest BCUT2D eigenvalue weighted by Crippen LogP contribution is 2.41. The number of ether oxygens (including phenoxy) is 2. The first-order valence-electron chi connectivity index (χ1n) is 19.5. The number of aliphatic hydroxyl groups excluding tert-OH is 2. The highest BCUT2D eigenvalue weighted by Gasteiger charge is 2.16. The fourth-order valence-electron chi connectivity index (χ4n) is 6.80. The number of nitrogens with zero attached hydrogens (tertiary/aromatic N) is 2. The molecule has 2 heterocycles. The molecule has 0 unspecified atom stereocenters. The number of rotatable bonds is 15. The number of hydrogen-bond acceptors (Lipinski definition) is 8.